The Bertz CT molecular complexity index is 743. The Morgan fingerprint density at radius 1 is 1.20 bits per heavy atom. The molecule has 0 aliphatic rings. The lowest BCUT2D eigenvalue weighted by Gasteiger charge is -2.05. The molecule has 0 fully saturated rings. The summed E-state index contributed by atoms with van der Waals surface area (Å²) in [5.41, 5.74) is 7.66. The summed E-state index contributed by atoms with van der Waals surface area (Å²) in [7, 11) is 0. The molecule has 0 amide bonds. The zero-order valence-corrected chi connectivity index (χ0v) is 11.6. The van der Waals surface area contributed by atoms with E-state index in [1.165, 1.54) is 5.56 Å². The first kappa shape index (κ1) is 12.6. The number of benzene rings is 1. The van der Waals surface area contributed by atoms with Crippen LogP contribution in [-0.2, 0) is 6.42 Å². The van der Waals surface area contributed by atoms with Crippen molar-refractivity contribution in [1.82, 2.24) is 14.6 Å². The number of nitrogens with two attached hydrogens (primary N) is 1. The molecule has 0 aliphatic heterocycles. The summed E-state index contributed by atoms with van der Waals surface area (Å²) >= 11 is 0. The van der Waals surface area contributed by atoms with Gasteiger partial charge in [-0.15, -0.1) is 0 Å². The summed E-state index contributed by atoms with van der Waals surface area (Å²) in [6.45, 7) is 4.13. The van der Waals surface area contributed by atoms with Crippen molar-refractivity contribution in [2.24, 2.45) is 5.84 Å². The molecular formula is C15H17N5. The Labute approximate surface area is 117 Å². The van der Waals surface area contributed by atoms with Gasteiger partial charge in [0.15, 0.2) is 5.65 Å². The van der Waals surface area contributed by atoms with Crippen LogP contribution >= 0.6 is 0 Å². The molecule has 0 saturated heterocycles. The Hall–Kier alpha value is -2.40. The Morgan fingerprint density at radius 3 is 2.60 bits per heavy atom. The number of aromatic nitrogens is 3. The number of rotatable bonds is 3. The SMILES string of the molecule is CCc1cc(NN)n2nc(-c3ccc(C)cc3)cc2n1. The smallest absolute Gasteiger partial charge is 0.158 e. The first-order valence-electron chi connectivity index (χ1n) is 6.64. The minimum Gasteiger partial charge on any atom is -0.308 e. The van der Waals surface area contributed by atoms with Gasteiger partial charge in [0.25, 0.3) is 0 Å². The Balaban J connectivity index is 2.16. The van der Waals surface area contributed by atoms with Gasteiger partial charge >= 0.3 is 0 Å². The van der Waals surface area contributed by atoms with Crippen LogP contribution in [0.1, 0.15) is 18.2 Å². The van der Waals surface area contributed by atoms with Gasteiger partial charge in [-0.05, 0) is 13.3 Å². The van der Waals surface area contributed by atoms with Crippen LogP contribution in [0.15, 0.2) is 36.4 Å². The van der Waals surface area contributed by atoms with E-state index in [2.05, 4.69) is 53.6 Å². The van der Waals surface area contributed by atoms with Crippen molar-refractivity contribution in [1.29, 1.82) is 0 Å². The molecule has 3 aromatic rings. The number of hydrogen-bond donors (Lipinski definition) is 2. The third kappa shape index (κ3) is 2.12. The zero-order valence-electron chi connectivity index (χ0n) is 11.6. The second-order valence-corrected chi connectivity index (χ2v) is 4.80. The number of nitrogen functional groups attached to an aromatic ring is 1. The largest absolute Gasteiger partial charge is 0.308 e. The van der Waals surface area contributed by atoms with Crippen molar-refractivity contribution >= 4 is 11.5 Å². The molecule has 2 heterocycles. The Kier molecular flexibility index (Phi) is 3.12. The second-order valence-electron chi connectivity index (χ2n) is 4.80. The van der Waals surface area contributed by atoms with E-state index >= 15 is 0 Å². The fourth-order valence-electron chi connectivity index (χ4n) is 2.18. The predicted molar refractivity (Wildman–Crippen MR) is 80.3 cm³/mol. The highest BCUT2D eigenvalue weighted by Gasteiger charge is 2.09. The van der Waals surface area contributed by atoms with Crippen LogP contribution in [-0.4, -0.2) is 14.6 Å². The minimum atomic E-state index is 0.741. The topological polar surface area (TPSA) is 68.2 Å². The van der Waals surface area contributed by atoms with E-state index < -0.39 is 0 Å². The first-order valence-corrected chi connectivity index (χ1v) is 6.64. The highest BCUT2D eigenvalue weighted by atomic mass is 15.4. The number of nitrogens with zero attached hydrogens (tertiary/aromatic N) is 3. The molecule has 0 spiro atoms. The summed E-state index contributed by atoms with van der Waals surface area (Å²) in [5, 5.41) is 4.57. The summed E-state index contributed by atoms with van der Waals surface area (Å²) in [6, 6.07) is 12.2. The number of anilines is 1. The molecule has 5 nitrogen and oxygen atoms in total. The lowest BCUT2D eigenvalue weighted by Crippen LogP contribution is -2.12. The number of fused-ring (bicyclic) bond motifs is 1. The maximum atomic E-state index is 5.57. The van der Waals surface area contributed by atoms with E-state index in [1.807, 2.05) is 12.1 Å². The fraction of sp³-hybridized carbons (Fsp3) is 0.200. The second kappa shape index (κ2) is 4.94. The van der Waals surface area contributed by atoms with Crippen LogP contribution < -0.4 is 11.3 Å². The van der Waals surface area contributed by atoms with Crippen molar-refractivity contribution in [2.75, 3.05) is 5.43 Å². The summed E-state index contributed by atoms with van der Waals surface area (Å²) in [6.07, 6.45) is 0.857. The standard InChI is InChI=1S/C15H17N5/c1-3-12-8-15(18-16)20-14(17-12)9-13(19-20)11-6-4-10(2)5-7-11/h4-9,18H,3,16H2,1-2H3. The number of hydrazine groups is 1. The average Bonchev–Trinajstić information content (AvgIpc) is 2.90. The lowest BCUT2D eigenvalue weighted by molar-refractivity contribution is 0.913. The molecule has 3 N–H and O–H groups in total. The fourth-order valence-corrected chi connectivity index (χ4v) is 2.18. The van der Waals surface area contributed by atoms with Crippen LogP contribution in [0.5, 0.6) is 0 Å². The van der Waals surface area contributed by atoms with Gasteiger partial charge in [0, 0.05) is 23.4 Å². The third-order valence-corrected chi connectivity index (χ3v) is 3.34. The van der Waals surface area contributed by atoms with Gasteiger partial charge in [-0.25, -0.2) is 10.8 Å². The first-order chi connectivity index (χ1) is 9.71. The molecule has 0 aliphatic carbocycles. The molecule has 0 unspecified atom stereocenters. The van der Waals surface area contributed by atoms with Crippen LogP contribution in [0, 0.1) is 6.92 Å². The molecule has 0 atom stereocenters. The van der Waals surface area contributed by atoms with Crippen molar-refractivity contribution in [3.05, 3.63) is 47.7 Å². The molecule has 0 saturated carbocycles. The average molecular weight is 267 g/mol. The van der Waals surface area contributed by atoms with Crippen molar-refractivity contribution < 1.29 is 0 Å². The number of nitrogens with one attached hydrogen (secondary N) is 1. The molecular weight excluding hydrogens is 250 g/mol. The maximum Gasteiger partial charge on any atom is 0.158 e. The van der Waals surface area contributed by atoms with E-state index in [4.69, 9.17) is 5.84 Å². The van der Waals surface area contributed by atoms with Gasteiger partial charge < -0.3 is 5.43 Å². The van der Waals surface area contributed by atoms with E-state index in [-0.39, 0.29) is 0 Å². The molecule has 1 aromatic carbocycles. The monoisotopic (exact) mass is 267 g/mol. The predicted octanol–water partition coefficient (Wildman–Crippen LogP) is 2.55. The summed E-state index contributed by atoms with van der Waals surface area (Å²) < 4.78 is 1.73. The van der Waals surface area contributed by atoms with E-state index in [1.54, 1.807) is 4.52 Å². The highest BCUT2D eigenvalue weighted by molar-refractivity contribution is 5.65. The molecule has 102 valence electrons. The minimum absolute atomic E-state index is 0.741. The number of aryl methyl sites for hydroxylation is 2. The quantitative estimate of drug-likeness (QED) is 0.565. The summed E-state index contributed by atoms with van der Waals surface area (Å²) in [5.74, 6) is 6.31. The van der Waals surface area contributed by atoms with E-state index in [9.17, 15) is 0 Å². The lowest BCUT2D eigenvalue weighted by atomic mass is 10.1. The molecule has 0 bridgehead atoms. The summed E-state index contributed by atoms with van der Waals surface area (Å²) in [4.78, 5) is 4.57. The molecule has 2 aromatic heterocycles. The third-order valence-electron chi connectivity index (χ3n) is 3.34. The molecule has 3 rings (SSSR count). The van der Waals surface area contributed by atoms with Crippen LogP contribution in [0.4, 0.5) is 5.82 Å². The zero-order chi connectivity index (χ0) is 14.1. The highest BCUT2D eigenvalue weighted by Crippen LogP contribution is 2.22. The number of hydrogen-bond acceptors (Lipinski definition) is 4. The van der Waals surface area contributed by atoms with Crippen LogP contribution in [0.2, 0.25) is 0 Å². The van der Waals surface area contributed by atoms with Crippen molar-refractivity contribution in [2.45, 2.75) is 20.3 Å². The molecule has 20 heavy (non-hydrogen) atoms. The van der Waals surface area contributed by atoms with Gasteiger partial charge in [-0.2, -0.15) is 9.61 Å². The van der Waals surface area contributed by atoms with Crippen LogP contribution in [0.3, 0.4) is 0 Å². The molecule has 0 radical (unpaired) electrons. The van der Waals surface area contributed by atoms with Gasteiger partial charge in [0.1, 0.15) is 5.82 Å². The normalized spacial score (nSPS) is 10.9. The molecule has 5 heteroatoms. The van der Waals surface area contributed by atoms with Crippen LogP contribution in [0.25, 0.3) is 16.9 Å². The van der Waals surface area contributed by atoms with E-state index in [0.717, 1.165) is 34.8 Å². The van der Waals surface area contributed by atoms with Crippen molar-refractivity contribution in [3.63, 3.8) is 0 Å². The van der Waals surface area contributed by atoms with E-state index in [0.29, 0.717) is 0 Å². The van der Waals surface area contributed by atoms with Gasteiger partial charge in [0.05, 0.1) is 5.69 Å². The maximum absolute atomic E-state index is 5.57. The Morgan fingerprint density at radius 2 is 1.95 bits per heavy atom. The van der Waals surface area contributed by atoms with Gasteiger partial charge in [-0.1, -0.05) is 36.8 Å². The van der Waals surface area contributed by atoms with Gasteiger partial charge in [0.2, 0.25) is 0 Å². The van der Waals surface area contributed by atoms with Gasteiger partial charge in [-0.3, -0.25) is 0 Å². The van der Waals surface area contributed by atoms with Crippen molar-refractivity contribution in [3.8, 4) is 11.3 Å².